The molecule has 118 valence electrons. The van der Waals surface area contributed by atoms with E-state index < -0.39 is 18.0 Å². The van der Waals surface area contributed by atoms with Crippen LogP contribution in [0.15, 0.2) is 24.3 Å². The number of amides is 1. The number of carboxylic acid groups (broad SMARTS) is 2. The molecule has 0 unspecified atom stereocenters. The topological polar surface area (TPSA) is 113 Å². The Bertz CT molecular complexity index is 562. The molecule has 1 heterocycles. The molecule has 0 spiro atoms. The van der Waals surface area contributed by atoms with Gasteiger partial charge in [0.2, 0.25) is 5.91 Å². The fraction of sp³-hybridized carbons (Fsp3) is 0.400. The summed E-state index contributed by atoms with van der Waals surface area (Å²) in [4.78, 5) is 34.0. The van der Waals surface area contributed by atoms with Gasteiger partial charge in [-0.15, -0.1) is 0 Å². The lowest BCUT2D eigenvalue weighted by molar-refractivity contribution is -0.142. The number of rotatable bonds is 6. The number of carbonyl (C=O) groups excluding carboxylic acids is 1. The van der Waals surface area contributed by atoms with Gasteiger partial charge in [-0.05, 0) is 24.1 Å². The lowest BCUT2D eigenvalue weighted by Crippen LogP contribution is -2.45. The quantitative estimate of drug-likeness (QED) is 0.706. The van der Waals surface area contributed by atoms with Crippen molar-refractivity contribution in [2.24, 2.45) is 5.92 Å². The van der Waals surface area contributed by atoms with Crippen molar-refractivity contribution < 1.29 is 29.3 Å². The molecule has 7 heteroatoms. The standard InChI is InChI=1S/C15H17NO6/c17-13(11-5-6-22-8-11)16-12(15(20)21)7-9-1-3-10(4-2-9)14(18)19/h1-4,11-12H,5-8H2,(H,16,17)(H,18,19)(H,20,21)/t11-,12-/m1/s1. The van der Waals surface area contributed by atoms with Crippen LogP contribution in [0.25, 0.3) is 0 Å². The first-order valence-electron chi connectivity index (χ1n) is 6.90. The van der Waals surface area contributed by atoms with Gasteiger partial charge in [-0.25, -0.2) is 9.59 Å². The van der Waals surface area contributed by atoms with E-state index in [0.29, 0.717) is 25.2 Å². The van der Waals surface area contributed by atoms with E-state index in [9.17, 15) is 19.5 Å². The number of hydrogen-bond donors (Lipinski definition) is 3. The molecule has 22 heavy (non-hydrogen) atoms. The zero-order valence-corrected chi connectivity index (χ0v) is 11.8. The maximum atomic E-state index is 12.0. The fourth-order valence-electron chi connectivity index (χ4n) is 2.25. The smallest absolute Gasteiger partial charge is 0.335 e. The summed E-state index contributed by atoms with van der Waals surface area (Å²) < 4.78 is 5.11. The summed E-state index contributed by atoms with van der Waals surface area (Å²) in [7, 11) is 0. The third-order valence-electron chi connectivity index (χ3n) is 3.56. The van der Waals surface area contributed by atoms with Crippen LogP contribution in [-0.4, -0.2) is 47.3 Å². The van der Waals surface area contributed by atoms with Crippen LogP contribution in [-0.2, 0) is 20.7 Å². The van der Waals surface area contributed by atoms with Crippen molar-refractivity contribution in [1.82, 2.24) is 5.32 Å². The minimum atomic E-state index is -1.13. The molecule has 1 amide bonds. The number of carboxylic acids is 2. The average Bonchev–Trinajstić information content (AvgIpc) is 3.01. The lowest BCUT2D eigenvalue weighted by atomic mass is 10.0. The summed E-state index contributed by atoms with van der Waals surface area (Å²) >= 11 is 0. The Labute approximate surface area is 126 Å². The highest BCUT2D eigenvalue weighted by Crippen LogP contribution is 2.13. The van der Waals surface area contributed by atoms with Gasteiger partial charge in [0.1, 0.15) is 6.04 Å². The first-order valence-corrected chi connectivity index (χ1v) is 6.90. The Balaban J connectivity index is 2.00. The number of hydrogen-bond acceptors (Lipinski definition) is 4. The maximum Gasteiger partial charge on any atom is 0.335 e. The molecule has 3 N–H and O–H groups in total. The summed E-state index contributed by atoms with van der Waals surface area (Å²) in [6.07, 6.45) is 0.681. The van der Waals surface area contributed by atoms with Crippen molar-refractivity contribution in [3.05, 3.63) is 35.4 Å². The van der Waals surface area contributed by atoms with Gasteiger partial charge in [0.05, 0.1) is 18.1 Å². The average molecular weight is 307 g/mol. The van der Waals surface area contributed by atoms with Gasteiger partial charge < -0.3 is 20.3 Å². The van der Waals surface area contributed by atoms with E-state index >= 15 is 0 Å². The molecule has 1 aliphatic rings. The minimum absolute atomic E-state index is 0.0918. The number of nitrogens with one attached hydrogen (secondary N) is 1. The van der Waals surface area contributed by atoms with Crippen LogP contribution < -0.4 is 5.32 Å². The molecular weight excluding hydrogens is 290 g/mol. The zero-order chi connectivity index (χ0) is 16.1. The lowest BCUT2D eigenvalue weighted by Gasteiger charge is -2.17. The Kier molecular flexibility index (Phi) is 5.11. The number of carbonyl (C=O) groups is 3. The number of aliphatic carboxylic acids is 1. The summed E-state index contributed by atoms with van der Waals surface area (Å²) in [5.41, 5.74) is 0.767. The highest BCUT2D eigenvalue weighted by atomic mass is 16.5. The summed E-state index contributed by atoms with van der Waals surface area (Å²) in [5.74, 6) is -2.81. The van der Waals surface area contributed by atoms with E-state index in [2.05, 4.69) is 5.32 Å². The third-order valence-corrected chi connectivity index (χ3v) is 3.56. The minimum Gasteiger partial charge on any atom is -0.480 e. The molecule has 0 radical (unpaired) electrons. The van der Waals surface area contributed by atoms with Crippen molar-refractivity contribution >= 4 is 17.8 Å². The molecule has 0 bridgehead atoms. The fourth-order valence-corrected chi connectivity index (χ4v) is 2.25. The van der Waals surface area contributed by atoms with E-state index in [4.69, 9.17) is 9.84 Å². The largest absolute Gasteiger partial charge is 0.480 e. The summed E-state index contributed by atoms with van der Waals surface area (Å²) in [5, 5.41) is 20.6. The van der Waals surface area contributed by atoms with Crippen molar-refractivity contribution in [1.29, 1.82) is 0 Å². The van der Waals surface area contributed by atoms with Gasteiger partial charge in [0, 0.05) is 13.0 Å². The van der Waals surface area contributed by atoms with Crippen molar-refractivity contribution in [3.63, 3.8) is 0 Å². The van der Waals surface area contributed by atoms with Crippen LogP contribution in [0.5, 0.6) is 0 Å². The van der Waals surface area contributed by atoms with Crippen LogP contribution in [0.1, 0.15) is 22.3 Å². The van der Waals surface area contributed by atoms with E-state index in [0.717, 1.165) is 0 Å². The molecule has 2 atom stereocenters. The molecule has 1 aromatic carbocycles. The van der Waals surface area contributed by atoms with E-state index in [-0.39, 0.29) is 23.8 Å². The van der Waals surface area contributed by atoms with Gasteiger partial charge in [-0.3, -0.25) is 4.79 Å². The van der Waals surface area contributed by atoms with Crippen molar-refractivity contribution in [3.8, 4) is 0 Å². The predicted octanol–water partition coefficient (Wildman–Crippen LogP) is 0.533. The Morgan fingerprint density at radius 3 is 2.41 bits per heavy atom. The Hall–Kier alpha value is -2.41. The number of aromatic carboxylic acids is 1. The molecule has 0 saturated carbocycles. The second-order valence-corrected chi connectivity index (χ2v) is 5.17. The summed E-state index contributed by atoms with van der Waals surface area (Å²) in [6.45, 7) is 0.817. The van der Waals surface area contributed by atoms with Crippen LogP contribution >= 0.6 is 0 Å². The molecule has 2 rings (SSSR count). The molecule has 0 aromatic heterocycles. The molecule has 0 aliphatic carbocycles. The second kappa shape index (κ2) is 7.04. The normalized spacial score (nSPS) is 18.6. The second-order valence-electron chi connectivity index (χ2n) is 5.17. The van der Waals surface area contributed by atoms with Crippen LogP contribution in [0.3, 0.4) is 0 Å². The van der Waals surface area contributed by atoms with Crippen molar-refractivity contribution in [2.45, 2.75) is 18.9 Å². The molecule has 1 saturated heterocycles. The van der Waals surface area contributed by atoms with Crippen LogP contribution in [0.4, 0.5) is 0 Å². The van der Waals surface area contributed by atoms with Gasteiger partial charge in [0.25, 0.3) is 0 Å². The van der Waals surface area contributed by atoms with Gasteiger partial charge in [-0.1, -0.05) is 12.1 Å². The van der Waals surface area contributed by atoms with Gasteiger partial charge in [-0.2, -0.15) is 0 Å². The van der Waals surface area contributed by atoms with Crippen LogP contribution in [0.2, 0.25) is 0 Å². The first kappa shape index (κ1) is 16.0. The van der Waals surface area contributed by atoms with Crippen LogP contribution in [0, 0.1) is 5.92 Å². The number of ether oxygens (including phenoxy) is 1. The molecule has 1 fully saturated rings. The SMILES string of the molecule is O=C(O)c1ccc(C[C@@H](NC(=O)[C@@H]2CCOC2)C(=O)O)cc1. The molecule has 7 nitrogen and oxygen atoms in total. The van der Waals surface area contributed by atoms with Crippen molar-refractivity contribution in [2.75, 3.05) is 13.2 Å². The molecule has 1 aromatic rings. The molecular formula is C15H17NO6. The van der Waals surface area contributed by atoms with Gasteiger partial charge in [0.15, 0.2) is 0 Å². The third kappa shape index (κ3) is 4.05. The van der Waals surface area contributed by atoms with E-state index in [1.165, 1.54) is 12.1 Å². The molecule has 1 aliphatic heterocycles. The van der Waals surface area contributed by atoms with E-state index in [1.807, 2.05) is 0 Å². The Morgan fingerprint density at radius 2 is 1.91 bits per heavy atom. The van der Waals surface area contributed by atoms with E-state index in [1.54, 1.807) is 12.1 Å². The maximum absolute atomic E-state index is 12.0. The highest BCUT2D eigenvalue weighted by Gasteiger charge is 2.28. The van der Waals surface area contributed by atoms with Gasteiger partial charge >= 0.3 is 11.9 Å². The monoisotopic (exact) mass is 307 g/mol. The first-order chi connectivity index (χ1) is 10.5. The Morgan fingerprint density at radius 1 is 1.23 bits per heavy atom. The number of benzene rings is 1. The zero-order valence-electron chi connectivity index (χ0n) is 11.8. The highest BCUT2D eigenvalue weighted by molar-refractivity contribution is 5.87. The summed E-state index contributed by atoms with van der Waals surface area (Å²) in [6, 6.07) is 4.85. The predicted molar refractivity (Wildman–Crippen MR) is 75.6 cm³/mol.